The molecule has 1 aliphatic rings. The molecule has 3 heterocycles. The van der Waals surface area contributed by atoms with Crippen LogP contribution in [-0.4, -0.2) is 81.0 Å². The summed E-state index contributed by atoms with van der Waals surface area (Å²) < 4.78 is 65.2. The molecular weight excluding hydrogens is 661 g/mol. The van der Waals surface area contributed by atoms with Gasteiger partial charge in [-0.25, -0.2) is 27.2 Å². The molecule has 0 spiro atoms. The lowest BCUT2D eigenvalue weighted by molar-refractivity contribution is -0.192. The number of rotatable bonds is 9. The Bertz CT molecular complexity index is 2000. The predicted molar refractivity (Wildman–Crippen MR) is 182 cm³/mol. The normalized spacial score (nSPS) is 14.1. The maximum atomic E-state index is 13.1. The van der Waals surface area contributed by atoms with E-state index in [-0.39, 0.29) is 5.95 Å². The lowest BCUT2D eigenvalue weighted by Gasteiger charge is -2.26. The van der Waals surface area contributed by atoms with Gasteiger partial charge in [0.2, 0.25) is 16.0 Å². The van der Waals surface area contributed by atoms with Crippen LogP contribution in [0.2, 0.25) is 0 Å². The Morgan fingerprint density at radius 2 is 1.59 bits per heavy atom. The van der Waals surface area contributed by atoms with E-state index in [0.29, 0.717) is 29.2 Å². The molecule has 0 unspecified atom stereocenters. The van der Waals surface area contributed by atoms with Gasteiger partial charge in [0.15, 0.2) is 0 Å². The van der Waals surface area contributed by atoms with Crippen LogP contribution in [0.5, 0.6) is 5.75 Å². The first-order valence-corrected chi connectivity index (χ1v) is 17.2. The van der Waals surface area contributed by atoms with Crippen LogP contribution < -0.4 is 10.5 Å². The minimum Gasteiger partial charge on any atom is -0.492 e. The number of fused-ring (bicyclic) bond motifs is 1. The number of alkyl halides is 3. The first-order valence-electron chi connectivity index (χ1n) is 15.7. The summed E-state index contributed by atoms with van der Waals surface area (Å²) >= 11 is 0. The van der Waals surface area contributed by atoms with Crippen LogP contribution in [0.15, 0.2) is 72.8 Å². The number of piperidine rings is 1. The van der Waals surface area contributed by atoms with Crippen molar-refractivity contribution < 1.29 is 36.2 Å². The minimum absolute atomic E-state index is 0.0555. The van der Waals surface area contributed by atoms with E-state index in [1.165, 1.54) is 19.3 Å². The van der Waals surface area contributed by atoms with Gasteiger partial charge in [-0.15, -0.1) is 0 Å². The van der Waals surface area contributed by atoms with E-state index in [9.17, 15) is 21.6 Å². The number of aromatic nitrogens is 4. The average molecular weight is 699 g/mol. The zero-order valence-electron chi connectivity index (χ0n) is 26.9. The molecule has 0 atom stereocenters. The second-order valence-corrected chi connectivity index (χ2v) is 14.1. The Labute approximate surface area is 281 Å². The number of nitrogens with zero attached hydrogens (tertiary/aromatic N) is 4. The Morgan fingerprint density at radius 3 is 2.20 bits per heavy atom. The Balaban J connectivity index is 0.000000606. The number of carboxylic acid groups (broad SMARTS) is 1. The molecule has 49 heavy (non-hydrogen) atoms. The van der Waals surface area contributed by atoms with Crippen LogP contribution in [-0.2, 0) is 14.8 Å². The number of benzene rings is 3. The number of halogens is 3. The number of aromatic amines is 1. The number of carboxylic acids is 1. The second-order valence-electron chi connectivity index (χ2n) is 11.8. The zero-order valence-corrected chi connectivity index (χ0v) is 27.8. The van der Waals surface area contributed by atoms with Crippen LogP contribution in [0.4, 0.5) is 19.1 Å². The number of nitrogens with two attached hydrogens (primary N) is 1. The van der Waals surface area contributed by atoms with Gasteiger partial charge in [-0.3, -0.25) is 4.90 Å². The fourth-order valence-corrected chi connectivity index (χ4v) is 6.56. The quantitative estimate of drug-likeness (QED) is 0.158. The van der Waals surface area contributed by atoms with E-state index in [4.69, 9.17) is 25.4 Å². The van der Waals surface area contributed by atoms with E-state index in [1.54, 1.807) is 26.0 Å². The third-order valence-corrected chi connectivity index (χ3v) is 10.1. The van der Waals surface area contributed by atoms with Gasteiger partial charge < -0.3 is 20.6 Å². The molecule has 11 nitrogen and oxygen atoms in total. The van der Waals surface area contributed by atoms with Gasteiger partial charge in [0.05, 0.1) is 27.7 Å². The van der Waals surface area contributed by atoms with Crippen molar-refractivity contribution in [2.45, 2.75) is 44.5 Å². The van der Waals surface area contributed by atoms with Gasteiger partial charge in [-0.1, -0.05) is 42.8 Å². The SMILES string of the molecule is CC(C)S(=O)(=O)n1c(N)nc2ccc(-c3nc(-c4ccc(OCCN5CCCCC5)cc4)[nH]c3-c3ccccc3)cc21.O=C(O)C(F)(F)F. The summed E-state index contributed by atoms with van der Waals surface area (Å²) in [5.74, 6) is -1.28. The monoisotopic (exact) mass is 698 g/mol. The molecule has 6 rings (SSSR count). The number of hydrogen-bond donors (Lipinski definition) is 3. The molecule has 3 aromatic carbocycles. The highest BCUT2D eigenvalue weighted by Crippen LogP contribution is 2.35. The van der Waals surface area contributed by atoms with Gasteiger partial charge in [0.1, 0.15) is 18.2 Å². The highest BCUT2D eigenvalue weighted by Gasteiger charge is 2.38. The molecule has 15 heteroatoms. The summed E-state index contributed by atoms with van der Waals surface area (Å²) in [5.41, 5.74) is 11.2. The zero-order chi connectivity index (χ0) is 35.3. The summed E-state index contributed by atoms with van der Waals surface area (Å²) in [7, 11) is -3.72. The van der Waals surface area contributed by atoms with Crippen LogP contribution >= 0.6 is 0 Å². The van der Waals surface area contributed by atoms with E-state index >= 15 is 0 Å². The molecule has 4 N–H and O–H groups in total. The van der Waals surface area contributed by atoms with Gasteiger partial charge in [-0.2, -0.15) is 13.2 Å². The van der Waals surface area contributed by atoms with Crippen LogP contribution in [0, 0.1) is 0 Å². The fraction of sp³-hybridized carbons (Fsp3) is 0.324. The van der Waals surface area contributed by atoms with Gasteiger partial charge in [0, 0.05) is 23.2 Å². The van der Waals surface area contributed by atoms with Crippen molar-refractivity contribution in [1.29, 1.82) is 0 Å². The van der Waals surface area contributed by atoms with Gasteiger partial charge in [-0.05, 0) is 76.2 Å². The van der Waals surface area contributed by atoms with Crippen molar-refractivity contribution in [1.82, 2.24) is 23.8 Å². The summed E-state index contributed by atoms with van der Waals surface area (Å²) in [5, 5.41) is 6.47. The molecule has 260 valence electrons. The highest BCUT2D eigenvalue weighted by molar-refractivity contribution is 7.90. The number of ether oxygens (including phenoxy) is 1. The lowest BCUT2D eigenvalue weighted by Crippen LogP contribution is -2.33. The van der Waals surface area contributed by atoms with Crippen LogP contribution in [0.3, 0.4) is 0 Å². The molecule has 0 amide bonds. The number of H-pyrrole nitrogens is 1. The van der Waals surface area contributed by atoms with Crippen molar-refractivity contribution in [3.63, 3.8) is 0 Å². The second kappa shape index (κ2) is 14.7. The predicted octanol–water partition coefficient (Wildman–Crippen LogP) is 6.43. The molecule has 1 aliphatic heterocycles. The molecule has 1 fully saturated rings. The topological polar surface area (TPSA) is 156 Å². The third-order valence-electron chi connectivity index (χ3n) is 8.02. The molecule has 0 bridgehead atoms. The largest absolute Gasteiger partial charge is 0.492 e. The minimum atomic E-state index is -5.08. The standard InChI is InChI=1S/C32H36N6O3S.C2HF3O2/c1-22(2)42(39,40)38-28-21-25(13-16-27(28)34-32(38)33)30-29(23-9-5-3-6-10-23)35-31(36-30)24-11-14-26(15-12-24)41-20-19-37-17-7-4-8-18-37;3-2(4,5)1(6)7/h3,5-6,9-16,21-22H,4,7-8,17-20H2,1-2H3,(H2,33,34)(H,35,36);(H,6,7). The number of aliphatic carboxylic acids is 1. The van der Waals surface area contributed by atoms with Crippen molar-refractivity contribution >= 4 is 33.0 Å². The molecule has 0 saturated carbocycles. The van der Waals surface area contributed by atoms with E-state index in [2.05, 4.69) is 14.9 Å². The van der Waals surface area contributed by atoms with Crippen LogP contribution in [0.1, 0.15) is 33.1 Å². The summed E-state index contributed by atoms with van der Waals surface area (Å²) in [6.45, 7) is 7.17. The Morgan fingerprint density at radius 1 is 0.959 bits per heavy atom. The maximum absolute atomic E-state index is 13.1. The summed E-state index contributed by atoms with van der Waals surface area (Å²) in [4.78, 5) is 24.2. The van der Waals surface area contributed by atoms with Crippen molar-refractivity contribution in [3.05, 3.63) is 72.8 Å². The number of nitrogen functional groups attached to an aromatic ring is 1. The molecule has 0 radical (unpaired) electrons. The molecule has 5 aromatic rings. The van der Waals surface area contributed by atoms with Gasteiger partial charge in [0.25, 0.3) is 0 Å². The molecule has 0 aliphatic carbocycles. The number of anilines is 1. The highest BCUT2D eigenvalue weighted by atomic mass is 32.2. The average Bonchev–Trinajstić information content (AvgIpc) is 3.67. The lowest BCUT2D eigenvalue weighted by atomic mass is 10.0. The first-order chi connectivity index (χ1) is 23.3. The number of likely N-dealkylation sites (tertiary alicyclic amines) is 1. The summed E-state index contributed by atoms with van der Waals surface area (Å²) in [6, 6.07) is 23.4. The third kappa shape index (κ3) is 8.23. The van der Waals surface area contributed by atoms with E-state index in [0.717, 1.165) is 51.7 Å². The number of nitrogens with one attached hydrogen (secondary N) is 1. The van der Waals surface area contributed by atoms with Crippen molar-refractivity contribution in [2.24, 2.45) is 0 Å². The Kier molecular flexibility index (Phi) is 10.6. The van der Waals surface area contributed by atoms with Crippen molar-refractivity contribution in [3.8, 4) is 39.7 Å². The molecule has 2 aromatic heterocycles. The molecular formula is C34H37F3N6O5S. The first kappa shape index (κ1) is 35.4. The Hall–Kier alpha value is -4.89. The van der Waals surface area contributed by atoms with E-state index < -0.39 is 27.4 Å². The number of carbonyl (C=O) groups is 1. The number of imidazole rings is 2. The van der Waals surface area contributed by atoms with E-state index in [1.807, 2.05) is 60.7 Å². The molecule has 1 saturated heterocycles. The summed E-state index contributed by atoms with van der Waals surface area (Å²) in [6.07, 6.45) is -1.21. The van der Waals surface area contributed by atoms with Crippen molar-refractivity contribution in [2.75, 3.05) is 32.0 Å². The smallest absolute Gasteiger partial charge is 0.490 e. The fourth-order valence-electron chi connectivity index (χ4n) is 5.42. The number of hydrogen-bond acceptors (Lipinski definition) is 8. The van der Waals surface area contributed by atoms with Gasteiger partial charge >= 0.3 is 12.1 Å². The maximum Gasteiger partial charge on any atom is 0.490 e. The van der Waals surface area contributed by atoms with Crippen LogP contribution in [0.25, 0.3) is 44.9 Å².